The fourth-order valence-corrected chi connectivity index (χ4v) is 3.03. The summed E-state index contributed by atoms with van der Waals surface area (Å²) in [7, 11) is 0. The molecule has 0 aliphatic rings. The van der Waals surface area contributed by atoms with E-state index in [4.69, 9.17) is 18.0 Å². The standard InChI is InChI=1S/C21H18O7/c1-2-25-21(24)18-10-8-16(27-18)19(23)15-7-9-17(26-15)20-13(11-22)12-5-3-4-6-14(12)28-20/h3-10,19,22-23H,2,11H2,1H3. The predicted molar refractivity (Wildman–Crippen MR) is 98.6 cm³/mol. The molecule has 0 saturated heterocycles. The Labute approximate surface area is 159 Å². The number of ether oxygens (including phenoxy) is 1. The van der Waals surface area contributed by atoms with Crippen LogP contribution in [-0.2, 0) is 11.3 Å². The lowest BCUT2D eigenvalue weighted by Crippen LogP contribution is -2.03. The van der Waals surface area contributed by atoms with Crippen molar-refractivity contribution in [3.05, 3.63) is 71.4 Å². The van der Waals surface area contributed by atoms with Gasteiger partial charge in [0.05, 0.1) is 13.2 Å². The van der Waals surface area contributed by atoms with Crippen molar-refractivity contribution in [1.82, 2.24) is 0 Å². The third-order valence-corrected chi connectivity index (χ3v) is 4.35. The quantitative estimate of drug-likeness (QED) is 0.485. The molecule has 1 aromatic carbocycles. The van der Waals surface area contributed by atoms with E-state index in [0.717, 1.165) is 5.39 Å². The second-order valence-corrected chi connectivity index (χ2v) is 6.09. The Morgan fingerprint density at radius 3 is 2.57 bits per heavy atom. The maximum atomic E-state index is 11.7. The van der Waals surface area contributed by atoms with Crippen LogP contribution in [0.2, 0.25) is 0 Å². The Bertz CT molecular complexity index is 1110. The maximum absolute atomic E-state index is 11.7. The van der Waals surface area contributed by atoms with Crippen LogP contribution < -0.4 is 0 Å². The molecular formula is C21H18O7. The van der Waals surface area contributed by atoms with Gasteiger partial charge in [0.1, 0.15) is 17.1 Å². The summed E-state index contributed by atoms with van der Waals surface area (Å²) in [6, 6.07) is 13.5. The summed E-state index contributed by atoms with van der Waals surface area (Å²) in [5.41, 5.74) is 1.23. The first kappa shape index (κ1) is 18.1. The average Bonchev–Trinajstić information content (AvgIpc) is 3.44. The van der Waals surface area contributed by atoms with Gasteiger partial charge in [0.15, 0.2) is 17.6 Å². The van der Waals surface area contributed by atoms with Crippen molar-refractivity contribution in [2.24, 2.45) is 0 Å². The molecule has 0 radical (unpaired) electrons. The number of hydrogen-bond acceptors (Lipinski definition) is 7. The highest BCUT2D eigenvalue weighted by molar-refractivity contribution is 5.87. The van der Waals surface area contributed by atoms with E-state index in [1.165, 1.54) is 12.1 Å². The number of benzene rings is 1. The number of esters is 1. The average molecular weight is 382 g/mol. The van der Waals surface area contributed by atoms with Crippen molar-refractivity contribution in [3.63, 3.8) is 0 Å². The van der Waals surface area contributed by atoms with Crippen LogP contribution in [0.1, 0.15) is 40.7 Å². The van der Waals surface area contributed by atoms with Crippen LogP contribution in [-0.4, -0.2) is 22.8 Å². The van der Waals surface area contributed by atoms with E-state index in [2.05, 4.69) is 0 Å². The van der Waals surface area contributed by atoms with E-state index in [0.29, 0.717) is 22.7 Å². The van der Waals surface area contributed by atoms with E-state index < -0.39 is 12.1 Å². The van der Waals surface area contributed by atoms with Gasteiger partial charge in [-0.05, 0) is 37.3 Å². The molecule has 0 fully saturated rings. The molecule has 2 N–H and O–H groups in total. The molecule has 0 saturated carbocycles. The van der Waals surface area contributed by atoms with Crippen molar-refractivity contribution in [2.45, 2.75) is 19.6 Å². The second kappa shape index (κ2) is 7.38. The zero-order valence-electron chi connectivity index (χ0n) is 15.0. The third kappa shape index (κ3) is 3.11. The summed E-state index contributed by atoms with van der Waals surface area (Å²) in [6.07, 6.45) is -1.21. The van der Waals surface area contributed by atoms with Crippen LogP contribution >= 0.6 is 0 Å². The smallest absolute Gasteiger partial charge is 0.374 e. The SMILES string of the molecule is CCOC(=O)c1ccc(C(O)c2ccc(-c3oc4ccccc4c3CO)o2)o1. The van der Waals surface area contributed by atoms with Crippen LogP contribution in [0.15, 0.2) is 61.8 Å². The molecule has 0 aliphatic carbocycles. The summed E-state index contributed by atoms with van der Waals surface area (Å²) in [5, 5.41) is 21.1. The molecule has 4 rings (SSSR count). The molecule has 7 nitrogen and oxygen atoms in total. The van der Waals surface area contributed by atoms with Crippen molar-refractivity contribution in [3.8, 4) is 11.5 Å². The Kier molecular flexibility index (Phi) is 4.77. The minimum atomic E-state index is -1.21. The van der Waals surface area contributed by atoms with Crippen molar-refractivity contribution in [2.75, 3.05) is 6.61 Å². The van der Waals surface area contributed by atoms with Gasteiger partial charge in [-0.25, -0.2) is 4.79 Å². The second-order valence-electron chi connectivity index (χ2n) is 6.09. The molecule has 0 amide bonds. The van der Waals surface area contributed by atoms with Gasteiger partial charge in [-0.1, -0.05) is 18.2 Å². The number of furan rings is 3. The molecule has 1 atom stereocenters. The summed E-state index contributed by atoms with van der Waals surface area (Å²) < 4.78 is 21.8. The lowest BCUT2D eigenvalue weighted by Gasteiger charge is -2.04. The van der Waals surface area contributed by atoms with Gasteiger partial charge in [0.25, 0.3) is 0 Å². The lowest BCUT2D eigenvalue weighted by atomic mass is 10.1. The van der Waals surface area contributed by atoms with Crippen molar-refractivity contribution < 1.29 is 33.0 Å². The molecule has 3 heterocycles. The number of hydrogen-bond donors (Lipinski definition) is 2. The molecule has 0 aliphatic heterocycles. The van der Waals surface area contributed by atoms with Gasteiger partial charge in [-0.15, -0.1) is 0 Å². The molecule has 0 bridgehead atoms. The monoisotopic (exact) mass is 382 g/mol. The minimum Gasteiger partial charge on any atom is -0.460 e. The summed E-state index contributed by atoms with van der Waals surface area (Å²) in [4.78, 5) is 11.7. The van der Waals surface area contributed by atoms with Crippen molar-refractivity contribution in [1.29, 1.82) is 0 Å². The van der Waals surface area contributed by atoms with E-state index in [9.17, 15) is 15.0 Å². The van der Waals surface area contributed by atoms with E-state index >= 15 is 0 Å². The molecule has 3 aromatic heterocycles. The first-order valence-corrected chi connectivity index (χ1v) is 8.78. The van der Waals surface area contributed by atoms with Crippen LogP contribution in [0.25, 0.3) is 22.5 Å². The van der Waals surface area contributed by atoms with Gasteiger partial charge >= 0.3 is 5.97 Å². The van der Waals surface area contributed by atoms with Crippen LogP contribution in [0.4, 0.5) is 0 Å². The van der Waals surface area contributed by atoms with Gasteiger partial charge in [0.2, 0.25) is 5.76 Å². The Hall–Kier alpha value is -3.29. The minimum absolute atomic E-state index is 0.00234. The predicted octanol–water partition coefficient (Wildman–Crippen LogP) is 4.04. The summed E-state index contributed by atoms with van der Waals surface area (Å²) in [5.74, 6) is 0.527. The van der Waals surface area contributed by atoms with Gasteiger partial charge < -0.3 is 28.2 Å². The van der Waals surface area contributed by atoms with Crippen molar-refractivity contribution >= 4 is 16.9 Å². The van der Waals surface area contributed by atoms with Gasteiger partial charge in [0, 0.05) is 10.9 Å². The first-order valence-electron chi connectivity index (χ1n) is 8.78. The van der Waals surface area contributed by atoms with E-state index in [-0.39, 0.29) is 30.5 Å². The number of fused-ring (bicyclic) bond motifs is 1. The Balaban J connectivity index is 1.64. The highest BCUT2D eigenvalue weighted by atomic mass is 16.5. The number of carbonyl (C=O) groups is 1. The number of aliphatic hydroxyl groups excluding tert-OH is 2. The molecule has 144 valence electrons. The molecule has 1 unspecified atom stereocenters. The molecule has 0 spiro atoms. The molecule has 28 heavy (non-hydrogen) atoms. The summed E-state index contributed by atoms with van der Waals surface area (Å²) >= 11 is 0. The highest BCUT2D eigenvalue weighted by Gasteiger charge is 2.23. The van der Waals surface area contributed by atoms with Gasteiger partial charge in [-0.3, -0.25) is 0 Å². The van der Waals surface area contributed by atoms with Crippen LogP contribution in [0.3, 0.4) is 0 Å². The third-order valence-electron chi connectivity index (χ3n) is 4.35. The molecular weight excluding hydrogens is 364 g/mol. The zero-order valence-corrected chi connectivity index (χ0v) is 15.0. The highest BCUT2D eigenvalue weighted by Crippen LogP contribution is 2.36. The fraction of sp³-hybridized carbons (Fsp3) is 0.190. The van der Waals surface area contributed by atoms with Crippen LogP contribution in [0, 0.1) is 0 Å². The normalized spacial score (nSPS) is 12.4. The number of para-hydroxylation sites is 1. The number of aliphatic hydroxyl groups is 2. The number of rotatable bonds is 6. The first-order chi connectivity index (χ1) is 13.6. The Morgan fingerprint density at radius 1 is 1.04 bits per heavy atom. The topological polar surface area (TPSA) is 106 Å². The van der Waals surface area contributed by atoms with Crippen LogP contribution in [0.5, 0.6) is 0 Å². The largest absolute Gasteiger partial charge is 0.460 e. The fourth-order valence-electron chi connectivity index (χ4n) is 3.03. The Morgan fingerprint density at radius 2 is 1.79 bits per heavy atom. The molecule has 4 aromatic rings. The van der Waals surface area contributed by atoms with E-state index in [1.807, 2.05) is 18.2 Å². The zero-order chi connectivity index (χ0) is 19.7. The lowest BCUT2D eigenvalue weighted by molar-refractivity contribution is 0.0482. The summed E-state index contributed by atoms with van der Waals surface area (Å²) in [6.45, 7) is 1.70. The maximum Gasteiger partial charge on any atom is 0.374 e. The van der Waals surface area contributed by atoms with Gasteiger partial charge in [-0.2, -0.15) is 0 Å². The number of carbonyl (C=O) groups excluding carboxylic acids is 1. The van der Waals surface area contributed by atoms with E-state index in [1.54, 1.807) is 25.1 Å². The molecule has 7 heteroatoms.